The molecule has 0 aliphatic heterocycles. The van der Waals surface area contributed by atoms with Crippen LogP contribution >= 0.6 is 0 Å². The monoisotopic (exact) mass is 288 g/mol. The van der Waals surface area contributed by atoms with Gasteiger partial charge < -0.3 is 24.8 Å². The smallest absolute Gasteiger partial charge is 0.203 e. The Labute approximate surface area is 122 Å². The molecular weight excluding hydrogens is 272 g/mol. The van der Waals surface area contributed by atoms with Crippen molar-refractivity contribution in [3.63, 3.8) is 0 Å². The highest BCUT2D eigenvalue weighted by Crippen LogP contribution is 2.50. The number of rotatable bonds is 2. The number of hydrogen-bond donors (Lipinski definition) is 3. The van der Waals surface area contributed by atoms with Crippen molar-refractivity contribution in [1.82, 2.24) is 0 Å². The predicted molar refractivity (Wildman–Crippen MR) is 77.4 cm³/mol. The van der Waals surface area contributed by atoms with Crippen LogP contribution in [0.15, 0.2) is 18.2 Å². The van der Waals surface area contributed by atoms with E-state index in [2.05, 4.69) is 0 Å². The normalized spacial score (nSPS) is 12.5. The molecule has 0 spiro atoms. The van der Waals surface area contributed by atoms with Crippen LogP contribution < -0.4 is 9.47 Å². The zero-order valence-electron chi connectivity index (χ0n) is 11.8. The van der Waals surface area contributed by atoms with Gasteiger partial charge in [-0.1, -0.05) is 0 Å². The van der Waals surface area contributed by atoms with E-state index in [1.807, 2.05) is 6.07 Å². The van der Waals surface area contributed by atoms with Crippen molar-refractivity contribution in [2.75, 3.05) is 14.2 Å². The van der Waals surface area contributed by atoms with E-state index < -0.39 is 0 Å². The third-order valence-electron chi connectivity index (χ3n) is 3.86. The molecule has 2 aromatic carbocycles. The van der Waals surface area contributed by atoms with Gasteiger partial charge in [0.2, 0.25) is 5.75 Å². The summed E-state index contributed by atoms with van der Waals surface area (Å²) in [5, 5.41) is 29.9. The summed E-state index contributed by atoms with van der Waals surface area (Å²) in [6.07, 6.45) is 1.42. The number of fused-ring (bicyclic) bond motifs is 3. The first-order valence-corrected chi connectivity index (χ1v) is 6.58. The third kappa shape index (κ3) is 1.93. The molecule has 0 atom stereocenters. The molecule has 0 fully saturated rings. The van der Waals surface area contributed by atoms with Gasteiger partial charge in [0.05, 0.1) is 14.2 Å². The van der Waals surface area contributed by atoms with E-state index in [-0.39, 0.29) is 23.0 Å². The van der Waals surface area contributed by atoms with Gasteiger partial charge >= 0.3 is 0 Å². The summed E-state index contributed by atoms with van der Waals surface area (Å²) < 4.78 is 10.5. The molecule has 5 heteroatoms. The largest absolute Gasteiger partial charge is 0.504 e. The molecule has 5 nitrogen and oxygen atoms in total. The number of hydrogen-bond acceptors (Lipinski definition) is 5. The highest BCUT2D eigenvalue weighted by Gasteiger charge is 2.26. The lowest BCUT2D eigenvalue weighted by Gasteiger charge is -2.23. The van der Waals surface area contributed by atoms with Gasteiger partial charge in [0.25, 0.3) is 0 Å². The summed E-state index contributed by atoms with van der Waals surface area (Å²) in [5.74, 6) is 0.350. The Bertz CT molecular complexity index is 721. The summed E-state index contributed by atoms with van der Waals surface area (Å²) in [7, 11) is 2.98. The van der Waals surface area contributed by atoms with Crippen LogP contribution in [-0.4, -0.2) is 29.5 Å². The Morgan fingerprint density at radius 3 is 2.19 bits per heavy atom. The minimum absolute atomic E-state index is 0.0158. The van der Waals surface area contributed by atoms with Crippen LogP contribution in [0, 0.1) is 0 Å². The fourth-order valence-electron chi connectivity index (χ4n) is 2.85. The summed E-state index contributed by atoms with van der Waals surface area (Å²) in [5.41, 5.74) is 3.11. The molecule has 0 radical (unpaired) electrons. The topological polar surface area (TPSA) is 79.2 Å². The average Bonchev–Trinajstić information content (AvgIpc) is 2.47. The second-order valence-corrected chi connectivity index (χ2v) is 4.99. The molecule has 1 aliphatic rings. The Morgan fingerprint density at radius 1 is 0.857 bits per heavy atom. The molecule has 0 saturated heterocycles. The molecule has 0 heterocycles. The van der Waals surface area contributed by atoms with Gasteiger partial charge in [0.1, 0.15) is 0 Å². The Hall–Kier alpha value is -2.56. The SMILES string of the molecule is COc1cc2c(c(O)c1OC)-c1cc(O)c(O)cc1CC2. The van der Waals surface area contributed by atoms with Crippen LogP contribution in [0.25, 0.3) is 11.1 Å². The molecule has 1 aliphatic carbocycles. The second-order valence-electron chi connectivity index (χ2n) is 4.99. The fraction of sp³-hybridized carbons (Fsp3) is 0.250. The summed E-state index contributed by atoms with van der Waals surface area (Å²) in [4.78, 5) is 0. The molecule has 3 rings (SSSR count). The molecule has 21 heavy (non-hydrogen) atoms. The fourth-order valence-corrected chi connectivity index (χ4v) is 2.85. The van der Waals surface area contributed by atoms with E-state index in [0.717, 1.165) is 11.1 Å². The van der Waals surface area contributed by atoms with Crippen LogP contribution in [0.1, 0.15) is 11.1 Å². The van der Waals surface area contributed by atoms with E-state index in [4.69, 9.17) is 9.47 Å². The number of methoxy groups -OCH3 is 2. The van der Waals surface area contributed by atoms with Gasteiger partial charge in [-0.05, 0) is 47.7 Å². The predicted octanol–water partition coefficient (Wildman–Crippen LogP) is 2.59. The Kier molecular flexibility index (Phi) is 3.05. The maximum atomic E-state index is 10.5. The maximum Gasteiger partial charge on any atom is 0.203 e. The van der Waals surface area contributed by atoms with Crippen molar-refractivity contribution < 1.29 is 24.8 Å². The molecule has 110 valence electrons. The quantitative estimate of drug-likeness (QED) is 0.740. The van der Waals surface area contributed by atoms with E-state index in [0.29, 0.717) is 29.7 Å². The van der Waals surface area contributed by atoms with Crippen molar-refractivity contribution >= 4 is 0 Å². The first-order valence-electron chi connectivity index (χ1n) is 6.58. The Balaban J connectivity index is 2.31. The minimum Gasteiger partial charge on any atom is -0.504 e. The minimum atomic E-state index is -0.212. The van der Waals surface area contributed by atoms with Crippen LogP contribution in [0.5, 0.6) is 28.7 Å². The van der Waals surface area contributed by atoms with E-state index in [9.17, 15) is 15.3 Å². The molecule has 0 amide bonds. The molecule has 0 bridgehead atoms. The zero-order valence-corrected chi connectivity index (χ0v) is 11.8. The van der Waals surface area contributed by atoms with Crippen molar-refractivity contribution in [2.45, 2.75) is 12.8 Å². The Morgan fingerprint density at radius 2 is 1.52 bits per heavy atom. The highest BCUT2D eigenvalue weighted by molar-refractivity contribution is 5.84. The van der Waals surface area contributed by atoms with Crippen molar-refractivity contribution in [3.8, 4) is 39.9 Å². The van der Waals surface area contributed by atoms with Gasteiger partial charge in [0.15, 0.2) is 23.0 Å². The summed E-state index contributed by atoms with van der Waals surface area (Å²) in [6.45, 7) is 0. The van der Waals surface area contributed by atoms with Gasteiger partial charge in [-0.3, -0.25) is 0 Å². The first-order chi connectivity index (χ1) is 10.1. The molecule has 3 N–H and O–H groups in total. The second kappa shape index (κ2) is 4.77. The van der Waals surface area contributed by atoms with E-state index in [1.54, 1.807) is 0 Å². The molecule has 2 aromatic rings. The molecule has 0 saturated carbocycles. The van der Waals surface area contributed by atoms with Crippen LogP contribution in [-0.2, 0) is 12.8 Å². The van der Waals surface area contributed by atoms with Gasteiger partial charge in [-0.25, -0.2) is 0 Å². The molecule has 0 aromatic heterocycles. The number of aryl methyl sites for hydroxylation is 2. The van der Waals surface area contributed by atoms with Gasteiger partial charge in [-0.15, -0.1) is 0 Å². The van der Waals surface area contributed by atoms with E-state index >= 15 is 0 Å². The number of benzene rings is 2. The third-order valence-corrected chi connectivity index (χ3v) is 3.86. The lowest BCUT2D eigenvalue weighted by molar-refractivity contribution is 0.333. The average molecular weight is 288 g/mol. The number of phenolic OH excluding ortho intramolecular Hbond substituents is 3. The summed E-state index contributed by atoms with van der Waals surface area (Å²) in [6, 6.07) is 4.83. The lowest BCUT2D eigenvalue weighted by atomic mass is 9.84. The van der Waals surface area contributed by atoms with Crippen LogP contribution in [0.3, 0.4) is 0 Å². The highest BCUT2D eigenvalue weighted by atomic mass is 16.5. The van der Waals surface area contributed by atoms with Crippen molar-refractivity contribution in [1.29, 1.82) is 0 Å². The van der Waals surface area contributed by atoms with Crippen LogP contribution in [0.4, 0.5) is 0 Å². The zero-order chi connectivity index (χ0) is 15.1. The number of phenols is 3. The van der Waals surface area contributed by atoms with Crippen LogP contribution in [0.2, 0.25) is 0 Å². The molecular formula is C16H16O5. The first kappa shape index (κ1) is 13.4. The van der Waals surface area contributed by atoms with Crippen molar-refractivity contribution in [3.05, 3.63) is 29.3 Å². The lowest BCUT2D eigenvalue weighted by Crippen LogP contribution is -2.06. The number of aromatic hydroxyl groups is 3. The van der Waals surface area contributed by atoms with Crippen molar-refractivity contribution in [2.24, 2.45) is 0 Å². The van der Waals surface area contributed by atoms with E-state index in [1.165, 1.54) is 26.4 Å². The maximum absolute atomic E-state index is 10.5. The standard InChI is InChI=1S/C16H16O5/c1-20-13-6-9-4-3-8-5-11(17)12(18)7-10(8)14(9)15(19)16(13)21-2/h5-7,17-19H,3-4H2,1-2H3. The summed E-state index contributed by atoms with van der Waals surface area (Å²) >= 11 is 0. The molecule has 0 unspecified atom stereocenters. The van der Waals surface area contributed by atoms with Gasteiger partial charge in [0, 0.05) is 5.56 Å². The van der Waals surface area contributed by atoms with Gasteiger partial charge in [-0.2, -0.15) is 0 Å². The number of ether oxygens (including phenoxy) is 2.